The Morgan fingerprint density at radius 1 is 1.29 bits per heavy atom. The van der Waals surface area contributed by atoms with Gasteiger partial charge in [0.25, 0.3) is 0 Å². The van der Waals surface area contributed by atoms with Crippen LogP contribution in [0.15, 0.2) is 5.16 Å². The van der Waals surface area contributed by atoms with Gasteiger partial charge in [0.2, 0.25) is 7.37 Å². The lowest BCUT2D eigenvalue weighted by atomic mass is 10.2. The Balaban J connectivity index is 3.56. The minimum absolute atomic E-state index is 0.225. The van der Waals surface area contributed by atoms with Crippen LogP contribution in [-0.4, -0.2) is 28.6 Å². The molecular formula is C9H20NO3P. The Morgan fingerprint density at radius 3 is 2.57 bits per heavy atom. The fourth-order valence-corrected chi connectivity index (χ4v) is 2.67. The Hall–Kier alpha value is -0.340. The molecular weight excluding hydrogens is 201 g/mol. The summed E-state index contributed by atoms with van der Waals surface area (Å²) in [6.45, 7) is 2.11. The lowest BCUT2D eigenvalue weighted by Gasteiger charge is -2.09. The van der Waals surface area contributed by atoms with Gasteiger partial charge in [0, 0.05) is 18.5 Å². The van der Waals surface area contributed by atoms with E-state index in [4.69, 9.17) is 5.21 Å². The van der Waals surface area contributed by atoms with Crippen molar-refractivity contribution in [2.45, 2.75) is 39.0 Å². The quantitative estimate of drug-likeness (QED) is 0.218. The Kier molecular flexibility index (Phi) is 7.81. The smallest absolute Gasteiger partial charge is 0.201 e. The highest BCUT2D eigenvalue weighted by molar-refractivity contribution is 7.58. The van der Waals surface area contributed by atoms with Crippen LogP contribution in [0.3, 0.4) is 0 Å². The number of nitrogens with zero attached hydrogens (tertiary/aromatic N) is 1. The topological polar surface area (TPSA) is 69.9 Å². The number of oxime groups is 1. The van der Waals surface area contributed by atoms with Crippen molar-refractivity contribution >= 4 is 13.6 Å². The molecule has 0 aromatic heterocycles. The molecule has 0 saturated carbocycles. The molecule has 0 spiro atoms. The molecule has 84 valence electrons. The van der Waals surface area contributed by atoms with E-state index in [1.807, 2.05) is 0 Å². The molecule has 1 atom stereocenters. The fraction of sp³-hybridized carbons (Fsp3) is 0.889. The third-order valence-corrected chi connectivity index (χ3v) is 4.02. The summed E-state index contributed by atoms with van der Waals surface area (Å²) < 4.78 is 11.5. The Bertz CT molecular complexity index is 206. The molecule has 0 aromatic rings. The molecule has 14 heavy (non-hydrogen) atoms. The van der Waals surface area contributed by atoms with Crippen LogP contribution in [0.25, 0.3) is 0 Å². The Morgan fingerprint density at radius 2 is 2.00 bits per heavy atom. The van der Waals surface area contributed by atoms with Crippen LogP contribution >= 0.6 is 7.37 Å². The zero-order valence-corrected chi connectivity index (χ0v) is 9.62. The van der Waals surface area contributed by atoms with E-state index in [0.29, 0.717) is 12.6 Å². The molecule has 0 heterocycles. The van der Waals surface area contributed by atoms with Crippen molar-refractivity contribution in [1.29, 1.82) is 0 Å². The molecule has 0 aromatic carbocycles. The molecule has 0 aliphatic carbocycles. The Labute approximate surface area is 85.5 Å². The van der Waals surface area contributed by atoms with Crippen LogP contribution < -0.4 is 0 Å². The summed E-state index contributed by atoms with van der Waals surface area (Å²) in [7, 11) is -2.96. The molecule has 2 N–H and O–H groups in total. The van der Waals surface area contributed by atoms with Gasteiger partial charge < -0.3 is 10.1 Å². The lowest BCUT2D eigenvalue weighted by Crippen LogP contribution is -1.95. The van der Waals surface area contributed by atoms with Gasteiger partial charge in [-0.05, 0) is 12.8 Å². The van der Waals surface area contributed by atoms with E-state index in [1.165, 1.54) is 6.21 Å². The van der Waals surface area contributed by atoms with Crippen LogP contribution in [0.2, 0.25) is 0 Å². The monoisotopic (exact) mass is 221 g/mol. The molecule has 0 radical (unpaired) electrons. The summed E-state index contributed by atoms with van der Waals surface area (Å²) >= 11 is 0. The molecule has 0 fully saturated rings. The molecule has 4 nitrogen and oxygen atoms in total. The summed E-state index contributed by atoms with van der Waals surface area (Å²) in [6.07, 6.45) is 6.35. The van der Waals surface area contributed by atoms with Crippen molar-refractivity contribution in [3.05, 3.63) is 0 Å². The van der Waals surface area contributed by atoms with Gasteiger partial charge in [0.1, 0.15) is 0 Å². The van der Waals surface area contributed by atoms with Gasteiger partial charge in [-0.25, -0.2) is 0 Å². The van der Waals surface area contributed by atoms with E-state index in [2.05, 4.69) is 12.1 Å². The third-order valence-electron chi connectivity index (χ3n) is 2.05. The summed E-state index contributed by atoms with van der Waals surface area (Å²) in [5, 5.41) is 10.9. The molecule has 1 unspecified atom stereocenters. The van der Waals surface area contributed by atoms with E-state index < -0.39 is 7.37 Å². The first-order chi connectivity index (χ1) is 6.62. The number of hydrogen-bond acceptors (Lipinski definition) is 3. The predicted octanol–water partition coefficient (Wildman–Crippen LogP) is 2.69. The summed E-state index contributed by atoms with van der Waals surface area (Å²) in [5.74, 6) is 0. The number of unbranched alkanes of at least 4 members (excludes halogenated alkanes) is 3. The van der Waals surface area contributed by atoms with Crippen molar-refractivity contribution in [1.82, 2.24) is 0 Å². The minimum atomic E-state index is -2.96. The van der Waals surface area contributed by atoms with Crippen LogP contribution in [0.5, 0.6) is 0 Å². The fourth-order valence-electron chi connectivity index (χ4n) is 1.21. The first-order valence-electron chi connectivity index (χ1n) is 5.09. The molecule has 0 amide bonds. The highest BCUT2D eigenvalue weighted by atomic mass is 31.2. The molecule has 0 bridgehead atoms. The van der Waals surface area contributed by atoms with Crippen molar-refractivity contribution in [2.75, 3.05) is 12.3 Å². The summed E-state index contributed by atoms with van der Waals surface area (Å²) in [5.41, 5.74) is 0. The second-order valence-corrected chi connectivity index (χ2v) is 6.03. The predicted molar refractivity (Wildman–Crippen MR) is 58.6 cm³/mol. The maximum absolute atomic E-state index is 11.5. The van der Waals surface area contributed by atoms with Crippen LogP contribution in [0.4, 0.5) is 0 Å². The van der Waals surface area contributed by atoms with Gasteiger partial charge in [-0.3, -0.25) is 4.57 Å². The van der Waals surface area contributed by atoms with Crippen LogP contribution in [0, 0.1) is 0 Å². The number of rotatable bonds is 8. The standard InChI is InChI=1S/C9H20NO3P/c1-2-3-4-5-8-14(12,13)9-6-7-10-11/h7,11H,2-6,8-9H2,1H3,(H,12,13). The maximum Gasteiger partial charge on any atom is 0.201 e. The molecule has 0 aliphatic heterocycles. The SMILES string of the molecule is CCCCCCP(=O)(O)CCC=NO. The largest absolute Gasteiger partial charge is 0.411 e. The third kappa shape index (κ3) is 8.27. The van der Waals surface area contributed by atoms with E-state index in [9.17, 15) is 9.46 Å². The first-order valence-corrected chi connectivity index (χ1v) is 7.12. The van der Waals surface area contributed by atoms with E-state index in [1.54, 1.807) is 0 Å². The molecule has 0 rings (SSSR count). The van der Waals surface area contributed by atoms with E-state index >= 15 is 0 Å². The molecule has 0 aliphatic rings. The second kappa shape index (κ2) is 8.01. The zero-order valence-electron chi connectivity index (χ0n) is 8.72. The molecule has 0 saturated heterocycles. The summed E-state index contributed by atoms with van der Waals surface area (Å²) in [6, 6.07) is 0. The highest BCUT2D eigenvalue weighted by Crippen LogP contribution is 2.41. The van der Waals surface area contributed by atoms with Crippen LogP contribution in [-0.2, 0) is 4.57 Å². The van der Waals surface area contributed by atoms with Gasteiger partial charge in [0.05, 0.1) is 0 Å². The van der Waals surface area contributed by atoms with Gasteiger partial charge >= 0.3 is 0 Å². The van der Waals surface area contributed by atoms with Crippen molar-refractivity contribution in [2.24, 2.45) is 5.16 Å². The molecule has 5 heteroatoms. The van der Waals surface area contributed by atoms with Crippen molar-refractivity contribution < 1.29 is 14.7 Å². The van der Waals surface area contributed by atoms with Crippen molar-refractivity contribution in [3.8, 4) is 0 Å². The highest BCUT2D eigenvalue weighted by Gasteiger charge is 2.15. The van der Waals surface area contributed by atoms with Gasteiger partial charge in [-0.15, -0.1) is 5.16 Å². The normalized spacial score (nSPS) is 15.9. The van der Waals surface area contributed by atoms with Gasteiger partial charge in [0.15, 0.2) is 0 Å². The van der Waals surface area contributed by atoms with E-state index in [0.717, 1.165) is 25.7 Å². The average molecular weight is 221 g/mol. The van der Waals surface area contributed by atoms with Gasteiger partial charge in [-0.1, -0.05) is 26.2 Å². The van der Waals surface area contributed by atoms with Gasteiger partial charge in [-0.2, -0.15) is 0 Å². The summed E-state index contributed by atoms with van der Waals surface area (Å²) in [4.78, 5) is 9.45. The zero-order chi connectivity index (χ0) is 10.9. The number of hydrogen-bond donors (Lipinski definition) is 2. The lowest BCUT2D eigenvalue weighted by molar-refractivity contribution is 0.320. The minimum Gasteiger partial charge on any atom is -0.411 e. The average Bonchev–Trinajstić information content (AvgIpc) is 2.13. The van der Waals surface area contributed by atoms with E-state index in [-0.39, 0.29) is 6.16 Å². The second-order valence-electron chi connectivity index (χ2n) is 3.44. The van der Waals surface area contributed by atoms with Crippen molar-refractivity contribution in [3.63, 3.8) is 0 Å². The first kappa shape index (κ1) is 13.7. The maximum atomic E-state index is 11.5. The van der Waals surface area contributed by atoms with Crippen LogP contribution in [0.1, 0.15) is 39.0 Å².